The number of nitrogens with zero attached hydrogens (tertiary/aromatic N) is 2. The second-order valence-electron chi connectivity index (χ2n) is 3.04. The van der Waals surface area contributed by atoms with Gasteiger partial charge in [-0.3, -0.25) is 0 Å². The van der Waals surface area contributed by atoms with Crippen LogP contribution in [0.15, 0.2) is 0 Å². The maximum absolute atomic E-state index is 4.17. The highest BCUT2D eigenvalue weighted by molar-refractivity contribution is 7.98. The van der Waals surface area contributed by atoms with E-state index in [0.29, 0.717) is 0 Å². The number of nitrogens with one attached hydrogen (secondary N) is 1. The number of aryl methyl sites for hydroxylation is 2. The van der Waals surface area contributed by atoms with Gasteiger partial charge >= 0.3 is 0 Å². The normalized spacial score (nSPS) is 10.7. The van der Waals surface area contributed by atoms with Crippen molar-refractivity contribution in [2.75, 3.05) is 25.6 Å². The van der Waals surface area contributed by atoms with Gasteiger partial charge in [0.05, 0.1) is 0 Å². The SMILES string of the molecule is CNCCCc1nnc(CCSC)s1. The maximum atomic E-state index is 4.17. The molecule has 0 aliphatic rings. The Morgan fingerprint density at radius 3 is 2.64 bits per heavy atom. The zero-order valence-electron chi connectivity index (χ0n) is 8.75. The Morgan fingerprint density at radius 1 is 1.29 bits per heavy atom. The number of hydrogen-bond donors (Lipinski definition) is 1. The third-order valence-electron chi connectivity index (χ3n) is 1.85. The maximum Gasteiger partial charge on any atom is 0.118 e. The molecule has 0 saturated carbocycles. The summed E-state index contributed by atoms with van der Waals surface area (Å²) in [6.07, 6.45) is 5.38. The minimum atomic E-state index is 1.05. The zero-order valence-corrected chi connectivity index (χ0v) is 10.4. The van der Waals surface area contributed by atoms with Crippen LogP contribution in [-0.4, -0.2) is 35.8 Å². The molecule has 1 aromatic heterocycles. The summed E-state index contributed by atoms with van der Waals surface area (Å²) in [6.45, 7) is 1.06. The third-order valence-corrected chi connectivity index (χ3v) is 3.50. The van der Waals surface area contributed by atoms with E-state index in [0.717, 1.165) is 31.6 Å². The molecule has 0 atom stereocenters. The molecule has 1 rings (SSSR count). The van der Waals surface area contributed by atoms with E-state index < -0.39 is 0 Å². The molecule has 0 aliphatic heterocycles. The highest BCUT2D eigenvalue weighted by Crippen LogP contribution is 2.13. The molecule has 80 valence electrons. The summed E-state index contributed by atoms with van der Waals surface area (Å²) in [5.74, 6) is 1.14. The van der Waals surface area contributed by atoms with Crippen LogP contribution in [-0.2, 0) is 12.8 Å². The quantitative estimate of drug-likeness (QED) is 0.723. The Labute approximate surface area is 93.7 Å². The Morgan fingerprint density at radius 2 is 2.00 bits per heavy atom. The molecule has 1 N–H and O–H groups in total. The van der Waals surface area contributed by atoms with Crippen LogP contribution < -0.4 is 5.32 Å². The predicted molar refractivity (Wildman–Crippen MR) is 64.2 cm³/mol. The van der Waals surface area contributed by atoms with Gasteiger partial charge in [-0.1, -0.05) is 0 Å². The van der Waals surface area contributed by atoms with E-state index in [2.05, 4.69) is 21.8 Å². The minimum Gasteiger partial charge on any atom is -0.320 e. The summed E-state index contributed by atoms with van der Waals surface area (Å²) in [7, 11) is 1.98. The van der Waals surface area contributed by atoms with Crippen LogP contribution in [0.5, 0.6) is 0 Å². The molecule has 0 radical (unpaired) electrons. The molecular weight excluding hydrogens is 214 g/mol. The van der Waals surface area contributed by atoms with Crippen LogP contribution in [0.2, 0.25) is 0 Å². The fourth-order valence-electron chi connectivity index (χ4n) is 1.10. The highest BCUT2D eigenvalue weighted by Gasteiger charge is 2.02. The number of hydrogen-bond acceptors (Lipinski definition) is 5. The van der Waals surface area contributed by atoms with E-state index in [-0.39, 0.29) is 0 Å². The molecule has 0 amide bonds. The standard InChI is InChI=1S/C9H17N3S2/c1-10-6-3-4-8-11-12-9(14-8)5-7-13-2/h10H,3-7H2,1-2H3. The third kappa shape index (κ3) is 4.39. The molecule has 5 heteroatoms. The largest absolute Gasteiger partial charge is 0.320 e. The van der Waals surface area contributed by atoms with Crippen molar-refractivity contribution in [2.45, 2.75) is 19.3 Å². The van der Waals surface area contributed by atoms with Gasteiger partial charge in [-0.25, -0.2) is 0 Å². The van der Waals surface area contributed by atoms with Gasteiger partial charge in [0.25, 0.3) is 0 Å². The first-order valence-electron chi connectivity index (χ1n) is 4.81. The molecule has 1 aromatic rings. The second kappa shape index (κ2) is 7.20. The van der Waals surface area contributed by atoms with Crippen LogP contribution in [0.4, 0.5) is 0 Å². The highest BCUT2D eigenvalue weighted by atomic mass is 32.2. The summed E-state index contributed by atoms with van der Waals surface area (Å²) in [4.78, 5) is 0. The van der Waals surface area contributed by atoms with Gasteiger partial charge in [-0.05, 0) is 32.0 Å². The van der Waals surface area contributed by atoms with Crippen LogP contribution >= 0.6 is 23.1 Å². The van der Waals surface area contributed by atoms with E-state index in [9.17, 15) is 0 Å². The fraction of sp³-hybridized carbons (Fsp3) is 0.778. The lowest BCUT2D eigenvalue weighted by Crippen LogP contribution is -2.08. The smallest absolute Gasteiger partial charge is 0.118 e. The lowest BCUT2D eigenvalue weighted by atomic mass is 10.3. The predicted octanol–water partition coefficient (Wildman–Crippen LogP) is 1.60. The molecular formula is C9H17N3S2. The van der Waals surface area contributed by atoms with Crippen molar-refractivity contribution in [3.8, 4) is 0 Å². The van der Waals surface area contributed by atoms with Crippen LogP contribution in [0.25, 0.3) is 0 Å². The molecule has 3 nitrogen and oxygen atoms in total. The average molecular weight is 231 g/mol. The average Bonchev–Trinajstić information content (AvgIpc) is 2.63. The van der Waals surface area contributed by atoms with E-state index in [1.165, 1.54) is 10.0 Å². The van der Waals surface area contributed by atoms with Crippen molar-refractivity contribution in [3.63, 3.8) is 0 Å². The van der Waals surface area contributed by atoms with Crippen molar-refractivity contribution in [2.24, 2.45) is 0 Å². The summed E-state index contributed by atoms with van der Waals surface area (Å²) in [5.41, 5.74) is 0. The van der Waals surface area contributed by atoms with Gasteiger partial charge in [-0.2, -0.15) is 11.8 Å². The minimum absolute atomic E-state index is 1.05. The van der Waals surface area contributed by atoms with Gasteiger partial charge < -0.3 is 5.32 Å². The molecule has 0 saturated heterocycles. The molecule has 0 aromatic carbocycles. The number of thioether (sulfide) groups is 1. The lowest BCUT2D eigenvalue weighted by molar-refractivity contribution is 0.717. The van der Waals surface area contributed by atoms with Gasteiger partial charge in [-0.15, -0.1) is 21.5 Å². The van der Waals surface area contributed by atoms with Crippen molar-refractivity contribution < 1.29 is 0 Å². The molecule has 0 spiro atoms. The summed E-state index contributed by atoms with van der Waals surface area (Å²) in [5, 5.41) is 13.8. The Bertz CT molecular complexity index is 250. The fourth-order valence-corrected chi connectivity index (χ4v) is 2.51. The lowest BCUT2D eigenvalue weighted by Gasteiger charge is -1.94. The Kier molecular flexibility index (Phi) is 6.14. The molecule has 1 heterocycles. The van der Waals surface area contributed by atoms with E-state index in [1.54, 1.807) is 11.3 Å². The molecule has 0 bridgehead atoms. The summed E-state index contributed by atoms with van der Waals surface area (Å²) < 4.78 is 0. The van der Waals surface area contributed by atoms with Gasteiger partial charge in [0, 0.05) is 12.8 Å². The topological polar surface area (TPSA) is 37.8 Å². The first kappa shape index (κ1) is 11.9. The van der Waals surface area contributed by atoms with E-state index >= 15 is 0 Å². The molecule has 0 fully saturated rings. The summed E-state index contributed by atoms with van der Waals surface area (Å²) in [6, 6.07) is 0. The van der Waals surface area contributed by atoms with Crippen molar-refractivity contribution in [1.82, 2.24) is 15.5 Å². The van der Waals surface area contributed by atoms with E-state index in [1.807, 2.05) is 18.8 Å². The van der Waals surface area contributed by atoms with Gasteiger partial charge in [0.2, 0.25) is 0 Å². The number of rotatable bonds is 7. The van der Waals surface area contributed by atoms with Gasteiger partial charge in [0.1, 0.15) is 10.0 Å². The van der Waals surface area contributed by atoms with Gasteiger partial charge in [0.15, 0.2) is 0 Å². The molecule has 0 aliphatic carbocycles. The number of aromatic nitrogens is 2. The Hall–Kier alpha value is -0.130. The summed E-state index contributed by atoms with van der Waals surface area (Å²) >= 11 is 3.62. The Balaban J connectivity index is 2.27. The first-order valence-corrected chi connectivity index (χ1v) is 7.02. The monoisotopic (exact) mass is 231 g/mol. The zero-order chi connectivity index (χ0) is 10.2. The first-order chi connectivity index (χ1) is 6.86. The van der Waals surface area contributed by atoms with Crippen molar-refractivity contribution in [3.05, 3.63) is 10.0 Å². The molecule has 0 unspecified atom stereocenters. The molecule has 14 heavy (non-hydrogen) atoms. The van der Waals surface area contributed by atoms with Crippen LogP contribution in [0, 0.1) is 0 Å². The van der Waals surface area contributed by atoms with Crippen LogP contribution in [0.3, 0.4) is 0 Å². The van der Waals surface area contributed by atoms with Crippen molar-refractivity contribution >= 4 is 23.1 Å². The van der Waals surface area contributed by atoms with Crippen LogP contribution in [0.1, 0.15) is 16.4 Å². The van der Waals surface area contributed by atoms with E-state index in [4.69, 9.17) is 0 Å². The second-order valence-corrected chi connectivity index (χ2v) is 5.17. The van der Waals surface area contributed by atoms with Crippen molar-refractivity contribution in [1.29, 1.82) is 0 Å².